The van der Waals surface area contributed by atoms with Crippen molar-refractivity contribution in [3.05, 3.63) is 58.4 Å². The van der Waals surface area contributed by atoms with Crippen LogP contribution >= 0.6 is 11.6 Å². The number of nitrogens with two attached hydrogens (primary N) is 2. The summed E-state index contributed by atoms with van der Waals surface area (Å²) in [5.74, 6) is -1.19. The number of halogens is 2. The van der Waals surface area contributed by atoms with Crippen LogP contribution in [0.1, 0.15) is 15.9 Å². The number of nitrogen functional groups attached to an aromatic ring is 2. The summed E-state index contributed by atoms with van der Waals surface area (Å²) in [6.45, 7) is -0.140. The molecule has 0 atom stereocenters. The Morgan fingerprint density at radius 3 is 2.70 bits per heavy atom. The smallest absolute Gasteiger partial charge is 0.340 e. The van der Waals surface area contributed by atoms with E-state index in [-0.39, 0.29) is 22.9 Å². The monoisotopic (exact) mass is 294 g/mol. The highest BCUT2D eigenvalue weighted by Crippen LogP contribution is 2.22. The third kappa shape index (κ3) is 3.00. The van der Waals surface area contributed by atoms with E-state index in [9.17, 15) is 9.18 Å². The fourth-order valence-electron chi connectivity index (χ4n) is 1.65. The normalized spacial score (nSPS) is 10.3. The molecule has 2 aromatic carbocycles. The van der Waals surface area contributed by atoms with Crippen molar-refractivity contribution in [2.45, 2.75) is 6.61 Å². The molecule has 2 aromatic rings. The predicted octanol–water partition coefficient (Wildman–Crippen LogP) is 3.00. The first-order chi connectivity index (χ1) is 9.49. The molecule has 0 radical (unpaired) electrons. The van der Waals surface area contributed by atoms with Crippen LogP contribution in [0.4, 0.5) is 15.8 Å². The van der Waals surface area contributed by atoms with Crippen LogP contribution in [0.5, 0.6) is 0 Å². The summed E-state index contributed by atoms with van der Waals surface area (Å²) in [4.78, 5) is 11.9. The van der Waals surface area contributed by atoms with Crippen molar-refractivity contribution in [2.75, 3.05) is 11.5 Å². The molecule has 0 amide bonds. The highest BCUT2D eigenvalue weighted by atomic mass is 35.5. The SMILES string of the molecule is Nc1ccc(C(=O)OCc2cccc(F)c2Cl)c(N)c1. The van der Waals surface area contributed by atoms with Gasteiger partial charge in [0.1, 0.15) is 12.4 Å². The number of carbonyl (C=O) groups excluding carboxylic acids is 1. The van der Waals surface area contributed by atoms with Gasteiger partial charge in [0.25, 0.3) is 0 Å². The quantitative estimate of drug-likeness (QED) is 0.674. The Morgan fingerprint density at radius 1 is 1.25 bits per heavy atom. The Bertz CT molecular complexity index is 662. The molecule has 0 unspecified atom stereocenters. The Hall–Kier alpha value is -2.27. The topological polar surface area (TPSA) is 78.3 Å². The molecule has 0 fully saturated rings. The molecule has 6 heteroatoms. The summed E-state index contributed by atoms with van der Waals surface area (Å²) >= 11 is 5.77. The third-order valence-corrected chi connectivity index (χ3v) is 3.11. The second-order valence-corrected chi connectivity index (χ2v) is 4.51. The Balaban J connectivity index is 2.11. The van der Waals surface area contributed by atoms with Gasteiger partial charge in [-0.2, -0.15) is 0 Å². The van der Waals surface area contributed by atoms with E-state index in [2.05, 4.69) is 0 Å². The van der Waals surface area contributed by atoms with Gasteiger partial charge in [0.2, 0.25) is 0 Å². The maximum atomic E-state index is 13.2. The Labute approximate surface area is 120 Å². The van der Waals surface area contributed by atoms with Gasteiger partial charge in [-0.25, -0.2) is 9.18 Å². The largest absolute Gasteiger partial charge is 0.457 e. The molecule has 20 heavy (non-hydrogen) atoms. The summed E-state index contributed by atoms with van der Waals surface area (Å²) in [7, 11) is 0. The average molecular weight is 295 g/mol. The number of hydrogen-bond donors (Lipinski definition) is 2. The number of esters is 1. The second-order valence-electron chi connectivity index (χ2n) is 4.14. The molecular weight excluding hydrogens is 283 g/mol. The lowest BCUT2D eigenvalue weighted by molar-refractivity contribution is 0.0474. The van der Waals surface area contributed by atoms with Gasteiger partial charge in [-0.1, -0.05) is 23.7 Å². The minimum absolute atomic E-state index is 0.0643. The van der Waals surface area contributed by atoms with Gasteiger partial charge in [-0.15, -0.1) is 0 Å². The van der Waals surface area contributed by atoms with Gasteiger partial charge in [0.15, 0.2) is 0 Å². The molecule has 0 saturated heterocycles. The number of anilines is 2. The van der Waals surface area contributed by atoms with E-state index >= 15 is 0 Å². The molecule has 0 aliphatic carbocycles. The van der Waals surface area contributed by atoms with E-state index in [0.29, 0.717) is 11.3 Å². The summed E-state index contributed by atoms with van der Waals surface area (Å²) in [5, 5.41) is -0.0643. The fraction of sp³-hybridized carbons (Fsp3) is 0.0714. The Morgan fingerprint density at radius 2 is 2.00 bits per heavy atom. The standard InChI is InChI=1S/C14H12ClFN2O2/c15-13-8(2-1-3-11(13)16)7-20-14(19)10-5-4-9(17)6-12(10)18/h1-6H,7,17-18H2. The van der Waals surface area contributed by atoms with Crippen molar-refractivity contribution < 1.29 is 13.9 Å². The van der Waals surface area contributed by atoms with Crippen LogP contribution in [0.3, 0.4) is 0 Å². The lowest BCUT2D eigenvalue weighted by Gasteiger charge is -2.09. The number of ether oxygens (including phenoxy) is 1. The van der Waals surface area contributed by atoms with E-state index in [1.54, 1.807) is 12.1 Å². The lowest BCUT2D eigenvalue weighted by atomic mass is 10.1. The highest BCUT2D eigenvalue weighted by molar-refractivity contribution is 6.31. The molecule has 0 aliphatic rings. The number of rotatable bonds is 3. The highest BCUT2D eigenvalue weighted by Gasteiger charge is 2.13. The van der Waals surface area contributed by atoms with E-state index in [1.807, 2.05) is 0 Å². The van der Waals surface area contributed by atoms with E-state index < -0.39 is 11.8 Å². The number of benzene rings is 2. The van der Waals surface area contributed by atoms with Crippen molar-refractivity contribution in [2.24, 2.45) is 0 Å². The lowest BCUT2D eigenvalue weighted by Crippen LogP contribution is -2.09. The van der Waals surface area contributed by atoms with Crippen LogP contribution in [0.25, 0.3) is 0 Å². The molecule has 4 N–H and O–H groups in total. The van der Waals surface area contributed by atoms with Crippen LogP contribution < -0.4 is 11.5 Å². The van der Waals surface area contributed by atoms with Crippen molar-refractivity contribution in [1.82, 2.24) is 0 Å². The Kier molecular flexibility index (Phi) is 4.10. The summed E-state index contributed by atoms with van der Waals surface area (Å²) < 4.78 is 18.3. The van der Waals surface area contributed by atoms with Crippen molar-refractivity contribution >= 4 is 28.9 Å². The minimum Gasteiger partial charge on any atom is -0.457 e. The number of hydrogen-bond acceptors (Lipinski definition) is 4. The molecular formula is C14H12ClFN2O2. The zero-order valence-corrected chi connectivity index (χ0v) is 11.2. The van der Waals surface area contributed by atoms with Crippen molar-refractivity contribution in [3.8, 4) is 0 Å². The molecule has 0 aliphatic heterocycles. The van der Waals surface area contributed by atoms with Gasteiger partial charge in [-0.05, 0) is 24.3 Å². The van der Waals surface area contributed by atoms with Crippen molar-refractivity contribution in [3.63, 3.8) is 0 Å². The molecule has 0 aromatic heterocycles. The van der Waals surface area contributed by atoms with Crippen LogP contribution in [-0.4, -0.2) is 5.97 Å². The molecule has 2 rings (SSSR count). The summed E-state index contributed by atoms with van der Waals surface area (Å²) in [5.41, 5.74) is 12.5. The van der Waals surface area contributed by atoms with Gasteiger partial charge in [-0.3, -0.25) is 0 Å². The van der Waals surface area contributed by atoms with E-state index in [0.717, 1.165) is 0 Å². The molecule has 0 spiro atoms. The maximum Gasteiger partial charge on any atom is 0.340 e. The molecule has 4 nitrogen and oxygen atoms in total. The van der Waals surface area contributed by atoms with Gasteiger partial charge < -0.3 is 16.2 Å². The van der Waals surface area contributed by atoms with Crippen LogP contribution in [0.2, 0.25) is 5.02 Å². The zero-order chi connectivity index (χ0) is 14.7. The zero-order valence-electron chi connectivity index (χ0n) is 10.4. The predicted molar refractivity (Wildman–Crippen MR) is 75.8 cm³/mol. The average Bonchev–Trinajstić information content (AvgIpc) is 2.40. The fourth-order valence-corrected chi connectivity index (χ4v) is 1.83. The van der Waals surface area contributed by atoms with Gasteiger partial charge in [0.05, 0.1) is 10.6 Å². The van der Waals surface area contributed by atoms with Crippen molar-refractivity contribution in [1.29, 1.82) is 0 Å². The first-order valence-corrected chi connectivity index (χ1v) is 6.12. The molecule has 0 saturated carbocycles. The van der Waals surface area contributed by atoms with E-state index in [1.165, 1.54) is 24.3 Å². The van der Waals surface area contributed by atoms with Crippen LogP contribution in [0.15, 0.2) is 36.4 Å². The first kappa shape index (κ1) is 14.1. The molecule has 0 heterocycles. The molecule has 104 valence electrons. The van der Waals surface area contributed by atoms with Gasteiger partial charge >= 0.3 is 5.97 Å². The third-order valence-electron chi connectivity index (χ3n) is 2.69. The van der Waals surface area contributed by atoms with Crippen LogP contribution in [-0.2, 0) is 11.3 Å². The maximum absolute atomic E-state index is 13.2. The van der Waals surface area contributed by atoms with Gasteiger partial charge in [0, 0.05) is 16.9 Å². The second kappa shape index (κ2) is 5.79. The van der Waals surface area contributed by atoms with E-state index in [4.69, 9.17) is 27.8 Å². The summed E-state index contributed by atoms with van der Waals surface area (Å²) in [6.07, 6.45) is 0. The number of carbonyl (C=O) groups is 1. The minimum atomic E-state index is -0.622. The summed E-state index contributed by atoms with van der Waals surface area (Å²) in [6, 6.07) is 8.77. The van der Waals surface area contributed by atoms with Crippen LogP contribution in [0, 0.1) is 5.82 Å². The molecule has 0 bridgehead atoms. The first-order valence-electron chi connectivity index (χ1n) is 5.74.